The number of benzene rings is 1. The molecule has 1 atom stereocenters. The molecule has 0 N–H and O–H groups in total. The third-order valence-corrected chi connectivity index (χ3v) is 2.51. The van der Waals surface area contributed by atoms with Gasteiger partial charge in [-0.3, -0.25) is 4.79 Å². The molecule has 3 heteroatoms. The molecule has 0 unspecified atom stereocenters. The second-order valence-corrected chi connectivity index (χ2v) is 3.45. The first-order valence-electron chi connectivity index (χ1n) is 4.58. The van der Waals surface area contributed by atoms with Crippen molar-refractivity contribution in [1.82, 2.24) is 0 Å². The Balaban J connectivity index is 2.33. The lowest BCUT2D eigenvalue weighted by atomic mass is 9.97. The van der Waals surface area contributed by atoms with Gasteiger partial charge in [-0.05, 0) is 24.6 Å². The van der Waals surface area contributed by atoms with Gasteiger partial charge in [0.1, 0.15) is 5.78 Å². The number of carbonyl (C=O) groups is 1. The first-order valence-corrected chi connectivity index (χ1v) is 4.58. The van der Waals surface area contributed by atoms with Crippen LogP contribution in [0.4, 0.5) is 0 Å². The molecule has 0 aromatic heterocycles. The van der Waals surface area contributed by atoms with Crippen LogP contribution in [0.2, 0.25) is 0 Å². The van der Waals surface area contributed by atoms with Gasteiger partial charge in [0.15, 0.2) is 11.5 Å². The fraction of sp³-hybridized carbons (Fsp3) is 0.364. The van der Waals surface area contributed by atoms with Crippen LogP contribution in [0.5, 0.6) is 11.5 Å². The van der Waals surface area contributed by atoms with E-state index >= 15 is 0 Å². The van der Waals surface area contributed by atoms with Gasteiger partial charge in [0, 0.05) is 5.92 Å². The maximum atomic E-state index is 11.2. The molecule has 74 valence electrons. The first kappa shape index (κ1) is 9.06. The minimum absolute atomic E-state index is 0.0792. The molecule has 0 amide bonds. The molecule has 1 aromatic rings. The standard InChI is InChI=1S/C11H12O3/c1-7(8(2)12)9-3-4-10-11(5-9)14-6-13-10/h3-5,7H,6H2,1-2H3/t7-/m0/s1. The quantitative estimate of drug-likeness (QED) is 0.719. The van der Waals surface area contributed by atoms with E-state index in [9.17, 15) is 4.79 Å². The molecule has 0 aliphatic carbocycles. The predicted octanol–water partition coefficient (Wildman–Crippen LogP) is 2.11. The van der Waals surface area contributed by atoms with Crippen molar-refractivity contribution in [1.29, 1.82) is 0 Å². The summed E-state index contributed by atoms with van der Waals surface area (Å²) in [6, 6.07) is 5.62. The summed E-state index contributed by atoms with van der Waals surface area (Å²) in [4.78, 5) is 11.2. The molecule has 1 aliphatic heterocycles. The molecule has 0 radical (unpaired) electrons. The van der Waals surface area contributed by atoms with Crippen LogP contribution >= 0.6 is 0 Å². The van der Waals surface area contributed by atoms with E-state index in [0.717, 1.165) is 17.1 Å². The number of fused-ring (bicyclic) bond motifs is 1. The molecule has 0 saturated heterocycles. The molecule has 1 aliphatic rings. The smallest absolute Gasteiger partial charge is 0.231 e. The van der Waals surface area contributed by atoms with Gasteiger partial charge >= 0.3 is 0 Å². The van der Waals surface area contributed by atoms with Crippen molar-refractivity contribution < 1.29 is 14.3 Å². The van der Waals surface area contributed by atoms with E-state index < -0.39 is 0 Å². The summed E-state index contributed by atoms with van der Waals surface area (Å²) in [5.74, 6) is 1.56. The van der Waals surface area contributed by atoms with Gasteiger partial charge in [-0.2, -0.15) is 0 Å². The SMILES string of the molecule is CC(=O)[C@H](C)c1ccc2c(c1)OCO2. The Morgan fingerprint density at radius 1 is 1.36 bits per heavy atom. The summed E-state index contributed by atoms with van der Waals surface area (Å²) in [5, 5.41) is 0. The van der Waals surface area contributed by atoms with Gasteiger partial charge in [-0.25, -0.2) is 0 Å². The fourth-order valence-corrected chi connectivity index (χ4v) is 1.42. The first-order chi connectivity index (χ1) is 6.68. The Kier molecular flexibility index (Phi) is 2.15. The summed E-state index contributed by atoms with van der Waals surface area (Å²) in [7, 11) is 0. The molecule has 0 fully saturated rings. The molecule has 0 saturated carbocycles. The average Bonchev–Trinajstić information content (AvgIpc) is 2.62. The molecule has 3 nitrogen and oxygen atoms in total. The lowest BCUT2D eigenvalue weighted by Gasteiger charge is -2.08. The molecule has 2 rings (SSSR count). The van der Waals surface area contributed by atoms with Crippen LogP contribution in [0.1, 0.15) is 25.3 Å². The summed E-state index contributed by atoms with van der Waals surface area (Å²) >= 11 is 0. The monoisotopic (exact) mass is 192 g/mol. The van der Waals surface area contributed by atoms with E-state index in [-0.39, 0.29) is 18.5 Å². The minimum Gasteiger partial charge on any atom is -0.454 e. The zero-order valence-corrected chi connectivity index (χ0v) is 8.24. The zero-order valence-electron chi connectivity index (χ0n) is 8.24. The second-order valence-electron chi connectivity index (χ2n) is 3.45. The van der Waals surface area contributed by atoms with Gasteiger partial charge in [0.2, 0.25) is 6.79 Å². The van der Waals surface area contributed by atoms with Crippen LogP contribution in [-0.2, 0) is 4.79 Å². The summed E-state index contributed by atoms with van der Waals surface area (Å²) in [5.41, 5.74) is 0.974. The Labute approximate surface area is 82.6 Å². The number of ketones is 1. The Morgan fingerprint density at radius 3 is 2.79 bits per heavy atom. The summed E-state index contributed by atoms with van der Waals surface area (Å²) < 4.78 is 10.4. The maximum Gasteiger partial charge on any atom is 0.231 e. The van der Waals surface area contributed by atoms with Crippen LogP contribution in [0, 0.1) is 0 Å². The van der Waals surface area contributed by atoms with Crippen LogP contribution < -0.4 is 9.47 Å². The van der Waals surface area contributed by atoms with Crippen LogP contribution in [0.25, 0.3) is 0 Å². The second kappa shape index (κ2) is 3.33. The highest BCUT2D eigenvalue weighted by molar-refractivity contribution is 5.83. The average molecular weight is 192 g/mol. The van der Waals surface area contributed by atoms with Crippen molar-refractivity contribution in [2.24, 2.45) is 0 Å². The number of rotatable bonds is 2. The normalized spacial score (nSPS) is 15.3. The Hall–Kier alpha value is -1.51. The minimum atomic E-state index is -0.0792. The van der Waals surface area contributed by atoms with Gasteiger partial charge in [-0.1, -0.05) is 13.0 Å². The van der Waals surface area contributed by atoms with Gasteiger partial charge < -0.3 is 9.47 Å². The number of Topliss-reactive ketones (excluding diaryl/α,β-unsaturated/α-hetero) is 1. The largest absolute Gasteiger partial charge is 0.454 e. The van der Waals surface area contributed by atoms with E-state index in [0.29, 0.717) is 0 Å². The Bertz CT molecular complexity index is 371. The highest BCUT2D eigenvalue weighted by Gasteiger charge is 2.17. The van der Waals surface area contributed by atoms with E-state index in [1.165, 1.54) is 0 Å². The van der Waals surface area contributed by atoms with Gasteiger partial charge in [-0.15, -0.1) is 0 Å². The van der Waals surface area contributed by atoms with Crippen molar-refractivity contribution in [2.75, 3.05) is 6.79 Å². The summed E-state index contributed by atoms with van der Waals surface area (Å²) in [6.45, 7) is 3.75. The lowest BCUT2D eigenvalue weighted by Crippen LogP contribution is -2.03. The molecule has 0 spiro atoms. The molecule has 14 heavy (non-hydrogen) atoms. The summed E-state index contributed by atoms with van der Waals surface area (Å²) in [6.07, 6.45) is 0. The van der Waals surface area contributed by atoms with Crippen molar-refractivity contribution in [3.05, 3.63) is 23.8 Å². The van der Waals surface area contributed by atoms with Crippen molar-refractivity contribution in [2.45, 2.75) is 19.8 Å². The molecule has 1 aromatic carbocycles. The van der Waals surface area contributed by atoms with Crippen LogP contribution in [-0.4, -0.2) is 12.6 Å². The topological polar surface area (TPSA) is 35.5 Å². The van der Waals surface area contributed by atoms with E-state index in [1.54, 1.807) is 6.92 Å². The molecular formula is C11H12O3. The predicted molar refractivity (Wildman–Crippen MR) is 51.7 cm³/mol. The number of carbonyl (C=O) groups excluding carboxylic acids is 1. The fourth-order valence-electron chi connectivity index (χ4n) is 1.42. The van der Waals surface area contributed by atoms with Crippen molar-refractivity contribution >= 4 is 5.78 Å². The molecule has 1 heterocycles. The third kappa shape index (κ3) is 1.45. The van der Waals surface area contributed by atoms with E-state index in [4.69, 9.17) is 9.47 Å². The zero-order chi connectivity index (χ0) is 10.1. The van der Waals surface area contributed by atoms with Gasteiger partial charge in [0.25, 0.3) is 0 Å². The Morgan fingerprint density at radius 2 is 2.07 bits per heavy atom. The van der Waals surface area contributed by atoms with Crippen molar-refractivity contribution in [3.8, 4) is 11.5 Å². The molecular weight excluding hydrogens is 180 g/mol. The molecule has 0 bridgehead atoms. The van der Waals surface area contributed by atoms with Crippen LogP contribution in [0.15, 0.2) is 18.2 Å². The lowest BCUT2D eigenvalue weighted by molar-refractivity contribution is -0.118. The van der Waals surface area contributed by atoms with Gasteiger partial charge in [0.05, 0.1) is 0 Å². The third-order valence-electron chi connectivity index (χ3n) is 2.51. The van der Waals surface area contributed by atoms with E-state index in [1.807, 2.05) is 25.1 Å². The number of hydrogen-bond donors (Lipinski definition) is 0. The van der Waals surface area contributed by atoms with E-state index in [2.05, 4.69) is 0 Å². The maximum absolute atomic E-state index is 11.2. The van der Waals surface area contributed by atoms with Crippen LogP contribution in [0.3, 0.4) is 0 Å². The highest BCUT2D eigenvalue weighted by atomic mass is 16.7. The number of ether oxygens (including phenoxy) is 2. The van der Waals surface area contributed by atoms with Crippen molar-refractivity contribution in [3.63, 3.8) is 0 Å². The highest BCUT2D eigenvalue weighted by Crippen LogP contribution is 2.34. The number of hydrogen-bond acceptors (Lipinski definition) is 3.